The molecule has 1 aliphatic rings. The molecule has 1 aliphatic heterocycles. The molecule has 0 radical (unpaired) electrons. The van der Waals surface area contributed by atoms with E-state index < -0.39 is 0 Å². The van der Waals surface area contributed by atoms with E-state index in [1.807, 2.05) is 12.1 Å². The van der Waals surface area contributed by atoms with Gasteiger partial charge in [0.15, 0.2) is 0 Å². The summed E-state index contributed by atoms with van der Waals surface area (Å²) in [6.07, 6.45) is 2.97. The largest absolute Gasteiger partial charge is 0.382 e. The van der Waals surface area contributed by atoms with Crippen molar-refractivity contribution in [2.24, 2.45) is 0 Å². The summed E-state index contributed by atoms with van der Waals surface area (Å²) in [7, 11) is 0. The number of rotatable bonds is 3. The molecule has 2 nitrogen and oxygen atoms in total. The minimum absolute atomic E-state index is 0.310. The van der Waals surface area contributed by atoms with Crippen LogP contribution in [0.5, 0.6) is 0 Å². The molecule has 1 heterocycles. The average Bonchev–Trinajstić information content (AvgIpc) is 2.66. The monoisotopic (exact) mass is 259 g/mol. The Bertz CT molecular complexity index is 370. The minimum Gasteiger partial charge on any atom is -0.382 e. The van der Waals surface area contributed by atoms with Crippen LogP contribution in [0.3, 0.4) is 0 Å². The van der Waals surface area contributed by atoms with Crippen molar-refractivity contribution in [1.82, 2.24) is 0 Å². The molecule has 16 heavy (non-hydrogen) atoms. The zero-order chi connectivity index (χ0) is 11.5. The number of ether oxygens (including phenoxy) is 1. The van der Waals surface area contributed by atoms with Crippen LogP contribution in [0.2, 0.25) is 10.0 Å². The Morgan fingerprint density at radius 2 is 2.12 bits per heavy atom. The maximum atomic E-state index is 5.93. The first-order chi connectivity index (χ1) is 7.65. The van der Waals surface area contributed by atoms with Gasteiger partial charge < -0.3 is 10.1 Å². The lowest BCUT2D eigenvalue weighted by molar-refractivity contribution is 0.0637. The molecule has 0 saturated carbocycles. The predicted molar refractivity (Wildman–Crippen MR) is 68.5 cm³/mol. The lowest BCUT2D eigenvalue weighted by atomic mass is 10.2. The topological polar surface area (TPSA) is 21.3 Å². The molecule has 1 aromatic carbocycles. The summed E-state index contributed by atoms with van der Waals surface area (Å²) < 4.78 is 5.72. The molecule has 1 aromatic rings. The highest BCUT2D eigenvalue weighted by molar-refractivity contribution is 6.42. The molecule has 1 saturated heterocycles. The Hall–Kier alpha value is -0.440. The zero-order valence-corrected chi connectivity index (χ0v) is 10.7. The van der Waals surface area contributed by atoms with Crippen molar-refractivity contribution in [3.63, 3.8) is 0 Å². The van der Waals surface area contributed by atoms with Gasteiger partial charge in [-0.1, -0.05) is 23.2 Å². The quantitative estimate of drug-likeness (QED) is 0.887. The van der Waals surface area contributed by atoms with Gasteiger partial charge in [0.1, 0.15) is 0 Å². The molecular formula is C12H15Cl2NO. The van der Waals surface area contributed by atoms with Crippen LogP contribution in [-0.2, 0) is 4.74 Å². The number of benzene rings is 1. The molecule has 0 aliphatic carbocycles. The van der Waals surface area contributed by atoms with Gasteiger partial charge in [-0.25, -0.2) is 0 Å². The van der Waals surface area contributed by atoms with Gasteiger partial charge in [-0.15, -0.1) is 0 Å². The predicted octanol–water partition coefficient (Wildman–Crippen LogP) is 3.97. The van der Waals surface area contributed by atoms with Crippen LogP contribution in [-0.4, -0.2) is 18.8 Å². The smallest absolute Gasteiger partial charge is 0.0751 e. The maximum absolute atomic E-state index is 5.93. The van der Waals surface area contributed by atoms with E-state index in [0.29, 0.717) is 22.3 Å². The molecule has 4 heteroatoms. The first-order valence-electron chi connectivity index (χ1n) is 5.49. The van der Waals surface area contributed by atoms with E-state index in [9.17, 15) is 0 Å². The molecular weight excluding hydrogens is 245 g/mol. The second-order valence-corrected chi connectivity index (χ2v) is 4.97. The van der Waals surface area contributed by atoms with Crippen molar-refractivity contribution >= 4 is 28.9 Å². The van der Waals surface area contributed by atoms with Gasteiger partial charge in [-0.2, -0.15) is 0 Å². The van der Waals surface area contributed by atoms with Gasteiger partial charge in [0.05, 0.1) is 22.3 Å². The summed E-state index contributed by atoms with van der Waals surface area (Å²) >= 11 is 11.8. The highest BCUT2D eigenvalue weighted by Gasteiger charge is 2.21. The molecule has 1 N–H and O–H groups in total. The maximum Gasteiger partial charge on any atom is 0.0751 e. The van der Waals surface area contributed by atoms with Crippen molar-refractivity contribution in [3.8, 4) is 0 Å². The van der Waals surface area contributed by atoms with Gasteiger partial charge in [0.25, 0.3) is 0 Å². The Balaban J connectivity index is 1.87. The van der Waals surface area contributed by atoms with Crippen LogP contribution in [0.15, 0.2) is 18.2 Å². The first kappa shape index (κ1) is 12.0. The Morgan fingerprint density at radius 1 is 1.31 bits per heavy atom. The van der Waals surface area contributed by atoms with Gasteiger partial charge in [0, 0.05) is 12.2 Å². The number of anilines is 1. The molecule has 2 atom stereocenters. The molecule has 0 aromatic heterocycles. The zero-order valence-electron chi connectivity index (χ0n) is 9.17. The first-order valence-corrected chi connectivity index (χ1v) is 6.25. The van der Waals surface area contributed by atoms with Crippen molar-refractivity contribution in [1.29, 1.82) is 0 Å². The third kappa shape index (κ3) is 3.03. The standard InChI is InChI=1S/C12H15Cl2NO/c1-8-2-4-10(16-8)7-15-9-3-5-11(13)12(14)6-9/h3,5-6,8,10,15H,2,4,7H2,1H3. The molecule has 88 valence electrons. The van der Waals surface area contributed by atoms with Crippen molar-refractivity contribution in [3.05, 3.63) is 28.2 Å². The minimum atomic E-state index is 0.310. The number of hydrogen-bond acceptors (Lipinski definition) is 2. The summed E-state index contributed by atoms with van der Waals surface area (Å²) in [6.45, 7) is 2.93. The number of nitrogens with one attached hydrogen (secondary N) is 1. The van der Waals surface area contributed by atoms with E-state index >= 15 is 0 Å². The van der Waals surface area contributed by atoms with Gasteiger partial charge in [-0.3, -0.25) is 0 Å². The third-order valence-corrected chi connectivity index (χ3v) is 3.51. The normalized spacial score (nSPS) is 24.7. The van der Waals surface area contributed by atoms with Gasteiger partial charge in [-0.05, 0) is 38.0 Å². The lowest BCUT2D eigenvalue weighted by Gasteiger charge is -2.13. The third-order valence-electron chi connectivity index (χ3n) is 2.77. The van der Waals surface area contributed by atoms with Crippen LogP contribution >= 0.6 is 23.2 Å². The van der Waals surface area contributed by atoms with E-state index in [1.165, 1.54) is 0 Å². The van der Waals surface area contributed by atoms with E-state index in [2.05, 4.69) is 12.2 Å². The van der Waals surface area contributed by atoms with E-state index in [4.69, 9.17) is 27.9 Å². The fourth-order valence-corrected chi connectivity index (χ4v) is 2.17. The summed E-state index contributed by atoms with van der Waals surface area (Å²) in [5.41, 5.74) is 0.984. The molecule has 2 unspecified atom stereocenters. The Kier molecular flexibility index (Phi) is 3.95. The van der Waals surface area contributed by atoms with Crippen LogP contribution in [0.25, 0.3) is 0 Å². The number of hydrogen-bond donors (Lipinski definition) is 1. The fraction of sp³-hybridized carbons (Fsp3) is 0.500. The summed E-state index contributed by atoms with van der Waals surface area (Å²) in [5, 5.41) is 4.46. The SMILES string of the molecule is CC1CCC(CNc2ccc(Cl)c(Cl)c2)O1. The Morgan fingerprint density at radius 3 is 2.75 bits per heavy atom. The van der Waals surface area contributed by atoms with Crippen molar-refractivity contribution in [2.45, 2.75) is 32.0 Å². The lowest BCUT2D eigenvalue weighted by Crippen LogP contribution is -2.19. The summed E-state index contributed by atoms with van der Waals surface area (Å²) in [5.74, 6) is 0. The van der Waals surface area contributed by atoms with Crippen LogP contribution < -0.4 is 5.32 Å². The van der Waals surface area contributed by atoms with Crippen LogP contribution in [0.4, 0.5) is 5.69 Å². The second kappa shape index (κ2) is 5.26. The van der Waals surface area contributed by atoms with Gasteiger partial charge in [0.2, 0.25) is 0 Å². The molecule has 0 bridgehead atoms. The molecule has 1 fully saturated rings. The van der Waals surface area contributed by atoms with E-state index in [0.717, 1.165) is 25.1 Å². The molecule has 2 rings (SSSR count). The van der Waals surface area contributed by atoms with E-state index in [1.54, 1.807) is 6.07 Å². The Labute approximate surface area is 106 Å². The second-order valence-electron chi connectivity index (χ2n) is 4.16. The van der Waals surface area contributed by atoms with Crippen LogP contribution in [0, 0.1) is 0 Å². The summed E-state index contributed by atoms with van der Waals surface area (Å²) in [4.78, 5) is 0. The van der Waals surface area contributed by atoms with Crippen molar-refractivity contribution < 1.29 is 4.74 Å². The number of halogens is 2. The van der Waals surface area contributed by atoms with Crippen molar-refractivity contribution in [2.75, 3.05) is 11.9 Å². The van der Waals surface area contributed by atoms with E-state index in [-0.39, 0.29) is 0 Å². The molecule has 0 amide bonds. The summed E-state index contributed by atoms with van der Waals surface area (Å²) in [6, 6.07) is 5.55. The van der Waals surface area contributed by atoms with Crippen LogP contribution in [0.1, 0.15) is 19.8 Å². The highest BCUT2D eigenvalue weighted by atomic mass is 35.5. The average molecular weight is 260 g/mol. The highest BCUT2D eigenvalue weighted by Crippen LogP contribution is 2.25. The fourth-order valence-electron chi connectivity index (χ4n) is 1.87. The van der Waals surface area contributed by atoms with Gasteiger partial charge >= 0.3 is 0 Å². The molecule has 0 spiro atoms.